The molecule has 2 N–H and O–H groups in total. The van der Waals surface area contributed by atoms with E-state index in [0.29, 0.717) is 10.0 Å². The van der Waals surface area contributed by atoms with Crippen molar-refractivity contribution in [2.24, 2.45) is 0 Å². The molecule has 16 heavy (non-hydrogen) atoms. The van der Waals surface area contributed by atoms with Gasteiger partial charge < -0.3 is 10.4 Å². The van der Waals surface area contributed by atoms with E-state index in [0.717, 1.165) is 5.56 Å². The van der Waals surface area contributed by atoms with Gasteiger partial charge in [0.2, 0.25) is 5.91 Å². The number of benzene rings is 1. The Bertz CT molecular complexity index is 394. The summed E-state index contributed by atoms with van der Waals surface area (Å²) in [6.07, 6.45) is -1.02. The molecular weight excluding hydrogens is 249 g/mol. The Hall–Kier alpha value is -0.770. The van der Waals surface area contributed by atoms with Gasteiger partial charge in [0.05, 0.1) is 16.1 Å². The fourth-order valence-corrected chi connectivity index (χ4v) is 1.51. The highest BCUT2D eigenvalue weighted by atomic mass is 35.5. The summed E-state index contributed by atoms with van der Waals surface area (Å²) < 4.78 is 0. The summed E-state index contributed by atoms with van der Waals surface area (Å²) in [5.41, 5.74) is 0.836. The molecule has 3 nitrogen and oxygen atoms in total. The second-order valence-electron chi connectivity index (χ2n) is 3.58. The van der Waals surface area contributed by atoms with Gasteiger partial charge >= 0.3 is 0 Å². The number of halogens is 2. The first kappa shape index (κ1) is 13.3. The van der Waals surface area contributed by atoms with E-state index < -0.39 is 12.0 Å². The van der Waals surface area contributed by atoms with Crippen LogP contribution in [-0.4, -0.2) is 17.1 Å². The van der Waals surface area contributed by atoms with Crippen LogP contribution in [0, 0.1) is 0 Å². The lowest BCUT2D eigenvalue weighted by Gasteiger charge is -2.16. The average molecular weight is 262 g/mol. The molecule has 0 aliphatic heterocycles. The number of aliphatic hydroxyl groups excluding tert-OH is 1. The van der Waals surface area contributed by atoms with Gasteiger partial charge in [-0.05, 0) is 31.5 Å². The molecule has 0 aliphatic carbocycles. The van der Waals surface area contributed by atoms with Crippen molar-refractivity contribution >= 4 is 29.1 Å². The topological polar surface area (TPSA) is 49.3 Å². The highest BCUT2D eigenvalue weighted by Crippen LogP contribution is 2.25. The maximum Gasteiger partial charge on any atom is 0.249 e. The number of hydrogen-bond donors (Lipinski definition) is 2. The van der Waals surface area contributed by atoms with Crippen molar-refractivity contribution in [2.75, 3.05) is 0 Å². The van der Waals surface area contributed by atoms with Crippen LogP contribution in [0.1, 0.15) is 25.5 Å². The highest BCUT2D eigenvalue weighted by Gasteiger charge is 2.14. The maximum absolute atomic E-state index is 11.3. The van der Waals surface area contributed by atoms with E-state index in [1.54, 1.807) is 25.1 Å². The van der Waals surface area contributed by atoms with Crippen LogP contribution in [0.5, 0.6) is 0 Å². The summed E-state index contributed by atoms with van der Waals surface area (Å²) in [5.74, 6) is -0.418. The molecule has 0 aliphatic rings. The van der Waals surface area contributed by atoms with Gasteiger partial charge in [-0.25, -0.2) is 0 Å². The van der Waals surface area contributed by atoms with Crippen LogP contribution in [0.15, 0.2) is 18.2 Å². The van der Waals surface area contributed by atoms with Crippen molar-refractivity contribution in [3.05, 3.63) is 33.8 Å². The lowest BCUT2D eigenvalue weighted by molar-refractivity contribution is -0.129. The lowest BCUT2D eigenvalue weighted by atomic mass is 10.1. The van der Waals surface area contributed by atoms with Gasteiger partial charge in [-0.3, -0.25) is 4.79 Å². The van der Waals surface area contributed by atoms with Crippen molar-refractivity contribution in [3.63, 3.8) is 0 Å². The summed E-state index contributed by atoms with van der Waals surface area (Å²) in [6, 6.07) is 4.92. The van der Waals surface area contributed by atoms with E-state index >= 15 is 0 Å². The monoisotopic (exact) mass is 261 g/mol. The van der Waals surface area contributed by atoms with Gasteiger partial charge in [-0.15, -0.1) is 0 Å². The zero-order chi connectivity index (χ0) is 12.3. The average Bonchev–Trinajstić information content (AvgIpc) is 2.21. The number of amides is 1. The molecule has 88 valence electrons. The smallest absolute Gasteiger partial charge is 0.249 e. The molecule has 0 fully saturated rings. The normalized spacial score (nSPS) is 14.3. The van der Waals surface area contributed by atoms with Crippen LogP contribution < -0.4 is 5.32 Å². The first-order valence-electron chi connectivity index (χ1n) is 4.85. The Labute approximate surface area is 104 Å². The van der Waals surface area contributed by atoms with Crippen LogP contribution in [-0.2, 0) is 4.79 Å². The minimum atomic E-state index is -1.02. The molecule has 1 aromatic carbocycles. The largest absolute Gasteiger partial charge is 0.384 e. The summed E-state index contributed by atoms with van der Waals surface area (Å²) in [6.45, 7) is 3.22. The number of carbonyl (C=O) groups excluding carboxylic acids is 1. The second kappa shape index (κ2) is 5.53. The molecule has 1 rings (SSSR count). The van der Waals surface area contributed by atoms with Gasteiger partial charge in [0.1, 0.15) is 6.10 Å². The van der Waals surface area contributed by atoms with Gasteiger partial charge in [0.15, 0.2) is 0 Å². The standard InChI is InChI=1S/C11H13Cl2NO2/c1-6(14-11(16)7(2)15)8-3-4-9(12)10(13)5-8/h3-7,15H,1-2H3,(H,14,16). The van der Waals surface area contributed by atoms with Crippen LogP contribution in [0.4, 0.5) is 0 Å². The first-order chi connectivity index (χ1) is 7.41. The second-order valence-corrected chi connectivity index (χ2v) is 4.39. The fraction of sp³-hybridized carbons (Fsp3) is 0.364. The van der Waals surface area contributed by atoms with Crippen LogP contribution in [0.3, 0.4) is 0 Å². The molecule has 0 heterocycles. The van der Waals surface area contributed by atoms with E-state index in [9.17, 15) is 4.79 Å². The van der Waals surface area contributed by atoms with Crippen LogP contribution in [0.25, 0.3) is 0 Å². The quantitative estimate of drug-likeness (QED) is 0.879. The molecular formula is C11H13Cl2NO2. The minimum Gasteiger partial charge on any atom is -0.384 e. The highest BCUT2D eigenvalue weighted by molar-refractivity contribution is 6.42. The molecule has 1 amide bonds. The van der Waals surface area contributed by atoms with Crippen molar-refractivity contribution in [1.82, 2.24) is 5.32 Å². The molecule has 0 spiro atoms. The van der Waals surface area contributed by atoms with E-state index in [1.165, 1.54) is 6.92 Å². The lowest BCUT2D eigenvalue weighted by Crippen LogP contribution is -2.34. The van der Waals surface area contributed by atoms with Crippen molar-refractivity contribution in [1.29, 1.82) is 0 Å². The third-order valence-electron chi connectivity index (χ3n) is 2.18. The Morgan fingerprint density at radius 1 is 1.31 bits per heavy atom. The molecule has 5 heteroatoms. The summed E-state index contributed by atoms with van der Waals surface area (Å²) in [4.78, 5) is 11.3. The Kier molecular flexibility index (Phi) is 4.59. The molecule has 0 aromatic heterocycles. The van der Waals surface area contributed by atoms with Crippen molar-refractivity contribution < 1.29 is 9.90 Å². The zero-order valence-corrected chi connectivity index (χ0v) is 10.5. The minimum absolute atomic E-state index is 0.225. The third-order valence-corrected chi connectivity index (χ3v) is 2.92. The number of nitrogens with one attached hydrogen (secondary N) is 1. The van der Waals surface area contributed by atoms with E-state index in [2.05, 4.69) is 5.32 Å². The molecule has 0 bridgehead atoms. The predicted octanol–water partition coefficient (Wildman–Crippen LogP) is 2.55. The van der Waals surface area contributed by atoms with Gasteiger partial charge in [-0.2, -0.15) is 0 Å². The fourth-order valence-electron chi connectivity index (χ4n) is 1.20. The third kappa shape index (κ3) is 3.37. The number of carbonyl (C=O) groups is 1. The van der Waals surface area contributed by atoms with Crippen molar-refractivity contribution in [3.8, 4) is 0 Å². The first-order valence-corrected chi connectivity index (χ1v) is 5.60. The number of aliphatic hydroxyl groups is 1. The Morgan fingerprint density at radius 2 is 1.94 bits per heavy atom. The van der Waals surface area contributed by atoms with Gasteiger partial charge in [-0.1, -0.05) is 29.3 Å². The Balaban J connectivity index is 2.77. The van der Waals surface area contributed by atoms with E-state index in [4.69, 9.17) is 28.3 Å². The summed E-state index contributed by atoms with van der Waals surface area (Å²) in [7, 11) is 0. The molecule has 2 unspecified atom stereocenters. The van der Waals surface area contributed by atoms with Crippen molar-refractivity contribution in [2.45, 2.75) is 26.0 Å². The molecule has 2 atom stereocenters. The van der Waals surface area contributed by atoms with Gasteiger partial charge in [0.25, 0.3) is 0 Å². The number of rotatable bonds is 3. The molecule has 1 aromatic rings. The summed E-state index contributed by atoms with van der Waals surface area (Å²) >= 11 is 11.6. The maximum atomic E-state index is 11.3. The molecule has 0 radical (unpaired) electrons. The van der Waals surface area contributed by atoms with Crippen LogP contribution >= 0.6 is 23.2 Å². The van der Waals surface area contributed by atoms with E-state index in [-0.39, 0.29) is 6.04 Å². The number of hydrogen-bond acceptors (Lipinski definition) is 2. The van der Waals surface area contributed by atoms with E-state index in [1.807, 2.05) is 0 Å². The zero-order valence-electron chi connectivity index (χ0n) is 9.00. The summed E-state index contributed by atoms with van der Waals surface area (Å²) in [5, 5.41) is 12.6. The van der Waals surface area contributed by atoms with Gasteiger partial charge in [0, 0.05) is 0 Å². The molecule has 0 saturated carbocycles. The van der Waals surface area contributed by atoms with Crippen LogP contribution in [0.2, 0.25) is 10.0 Å². The predicted molar refractivity (Wildman–Crippen MR) is 64.7 cm³/mol. The Morgan fingerprint density at radius 3 is 2.44 bits per heavy atom. The SMILES string of the molecule is CC(O)C(=O)NC(C)c1ccc(Cl)c(Cl)c1. The molecule has 0 saturated heterocycles.